The molecular formula is C7H15NO3S. The van der Waals surface area contributed by atoms with E-state index in [0.29, 0.717) is 12.2 Å². The summed E-state index contributed by atoms with van der Waals surface area (Å²) in [5, 5.41) is 17.3. The van der Waals surface area contributed by atoms with E-state index in [1.807, 2.05) is 6.92 Å². The van der Waals surface area contributed by atoms with Crippen LogP contribution in [0.1, 0.15) is 13.3 Å². The number of carboxylic acid groups (broad SMARTS) is 1. The molecule has 2 unspecified atom stereocenters. The lowest BCUT2D eigenvalue weighted by molar-refractivity contribution is -0.137. The Hall–Kier alpha value is -0.260. The van der Waals surface area contributed by atoms with Crippen LogP contribution in [0.15, 0.2) is 0 Å². The van der Waals surface area contributed by atoms with Crippen molar-refractivity contribution in [3.63, 3.8) is 0 Å². The molecule has 72 valence electrons. The van der Waals surface area contributed by atoms with Crippen molar-refractivity contribution in [3.05, 3.63) is 0 Å². The Morgan fingerprint density at radius 1 is 1.67 bits per heavy atom. The number of hydrogen-bond donors (Lipinski definition) is 3. The first-order chi connectivity index (χ1) is 5.57. The standard InChI is InChI=1S/C7H15NO3S/c1-5(2-3-9)12-4-6(8)7(10)11/h5-6,9H,2-4,8H2,1H3,(H,10,11). The number of aliphatic hydroxyl groups excluding tert-OH is 1. The average molecular weight is 193 g/mol. The number of nitrogens with two attached hydrogens (primary N) is 1. The highest BCUT2D eigenvalue weighted by Gasteiger charge is 2.12. The molecule has 12 heavy (non-hydrogen) atoms. The maximum Gasteiger partial charge on any atom is 0.321 e. The van der Waals surface area contributed by atoms with Crippen molar-refractivity contribution in [2.75, 3.05) is 12.4 Å². The number of hydrogen-bond acceptors (Lipinski definition) is 4. The molecule has 0 bridgehead atoms. The van der Waals surface area contributed by atoms with Gasteiger partial charge in [0, 0.05) is 17.6 Å². The van der Waals surface area contributed by atoms with E-state index < -0.39 is 12.0 Å². The van der Waals surface area contributed by atoms with Gasteiger partial charge in [-0.3, -0.25) is 4.79 Å². The molecule has 0 aromatic carbocycles. The van der Waals surface area contributed by atoms with Gasteiger partial charge in [0.1, 0.15) is 6.04 Å². The predicted molar refractivity (Wildman–Crippen MR) is 49.2 cm³/mol. The maximum atomic E-state index is 10.3. The minimum Gasteiger partial charge on any atom is -0.480 e. The van der Waals surface area contributed by atoms with Gasteiger partial charge in [0.15, 0.2) is 0 Å². The highest BCUT2D eigenvalue weighted by Crippen LogP contribution is 2.13. The molecule has 2 atom stereocenters. The van der Waals surface area contributed by atoms with E-state index in [1.165, 1.54) is 11.8 Å². The number of carboxylic acids is 1. The predicted octanol–water partition coefficient (Wildman–Crippen LogP) is -0.0976. The minimum atomic E-state index is -0.973. The molecule has 4 nitrogen and oxygen atoms in total. The van der Waals surface area contributed by atoms with Crippen LogP contribution in [0.2, 0.25) is 0 Å². The van der Waals surface area contributed by atoms with Crippen LogP contribution in [0, 0.1) is 0 Å². The summed E-state index contributed by atoms with van der Waals surface area (Å²) in [5.41, 5.74) is 5.28. The topological polar surface area (TPSA) is 83.5 Å². The Kier molecular flexibility index (Phi) is 6.14. The zero-order valence-corrected chi connectivity index (χ0v) is 7.88. The molecule has 0 heterocycles. The second kappa shape index (κ2) is 6.28. The Morgan fingerprint density at radius 2 is 2.25 bits per heavy atom. The number of rotatable bonds is 6. The molecule has 0 aromatic rings. The molecule has 5 heteroatoms. The smallest absolute Gasteiger partial charge is 0.321 e. The van der Waals surface area contributed by atoms with Crippen LogP contribution >= 0.6 is 11.8 Å². The van der Waals surface area contributed by atoms with Gasteiger partial charge in [-0.25, -0.2) is 0 Å². The van der Waals surface area contributed by atoms with Gasteiger partial charge in [0.05, 0.1) is 0 Å². The van der Waals surface area contributed by atoms with Crippen LogP contribution < -0.4 is 5.73 Å². The zero-order chi connectivity index (χ0) is 9.56. The highest BCUT2D eigenvalue weighted by atomic mass is 32.2. The number of carbonyl (C=O) groups is 1. The summed E-state index contributed by atoms with van der Waals surface area (Å²) in [6.45, 7) is 2.08. The zero-order valence-electron chi connectivity index (χ0n) is 7.06. The van der Waals surface area contributed by atoms with Crippen LogP contribution in [0.25, 0.3) is 0 Å². The van der Waals surface area contributed by atoms with E-state index >= 15 is 0 Å². The Morgan fingerprint density at radius 3 is 2.67 bits per heavy atom. The fraction of sp³-hybridized carbons (Fsp3) is 0.857. The van der Waals surface area contributed by atoms with E-state index in [0.717, 1.165) is 0 Å². The van der Waals surface area contributed by atoms with Gasteiger partial charge in [-0.2, -0.15) is 11.8 Å². The van der Waals surface area contributed by atoms with Crippen LogP contribution in [0.3, 0.4) is 0 Å². The normalized spacial score (nSPS) is 15.6. The first-order valence-corrected chi connectivity index (χ1v) is 4.83. The third-order valence-electron chi connectivity index (χ3n) is 1.41. The fourth-order valence-electron chi connectivity index (χ4n) is 0.604. The van der Waals surface area contributed by atoms with E-state index in [2.05, 4.69) is 0 Å². The van der Waals surface area contributed by atoms with Gasteiger partial charge in [0.2, 0.25) is 0 Å². The van der Waals surface area contributed by atoms with Gasteiger partial charge in [-0.05, 0) is 6.42 Å². The lowest BCUT2D eigenvalue weighted by Gasteiger charge is -2.11. The largest absolute Gasteiger partial charge is 0.480 e. The quantitative estimate of drug-likeness (QED) is 0.548. The molecule has 4 N–H and O–H groups in total. The molecule has 0 saturated carbocycles. The van der Waals surface area contributed by atoms with Crippen molar-refractivity contribution >= 4 is 17.7 Å². The summed E-state index contributed by atoms with van der Waals surface area (Å²) >= 11 is 1.47. The van der Waals surface area contributed by atoms with E-state index in [9.17, 15) is 4.79 Å². The first-order valence-electron chi connectivity index (χ1n) is 3.78. The van der Waals surface area contributed by atoms with Crippen molar-refractivity contribution < 1.29 is 15.0 Å². The molecule has 0 rings (SSSR count). The van der Waals surface area contributed by atoms with Gasteiger partial charge < -0.3 is 15.9 Å². The lowest BCUT2D eigenvalue weighted by atomic mass is 10.3. The molecule has 0 aliphatic carbocycles. The van der Waals surface area contributed by atoms with E-state index in [4.69, 9.17) is 15.9 Å². The number of aliphatic hydroxyl groups is 1. The van der Waals surface area contributed by atoms with Crippen LogP contribution in [0.5, 0.6) is 0 Å². The van der Waals surface area contributed by atoms with Crippen molar-refractivity contribution in [1.29, 1.82) is 0 Å². The molecule has 0 radical (unpaired) electrons. The molecule has 0 spiro atoms. The van der Waals surface area contributed by atoms with Crippen molar-refractivity contribution in [1.82, 2.24) is 0 Å². The van der Waals surface area contributed by atoms with Gasteiger partial charge in [-0.1, -0.05) is 6.92 Å². The van der Waals surface area contributed by atoms with Gasteiger partial charge >= 0.3 is 5.97 Å². The molecule has 0 fully saturated rings. The Balaban J connectivity index is 3.46. The third kappa shape index (κ3) is 5.40. The van der Waals surface area contributed by atoms with Crippen LogP contribution in [-0.2, 0) is 4.79 Å². The summed E-state index contributed by atoms with van der Waals surface area (Å²) in [7, 11) is 0. The Labute approximate surface area is 76.1 Å². The van der Waals surface area contributed by atoms with Gasteiger partial charge in [0.25, 0.3) is 0 Å². The molecule has 0 aliphatic rings. The average Bonchev–Trinajstić information content (AvgIpc) is 2.00. The second-order valence-corrected chi connectivity index (χ2v) is 4.07. The highest BCUT2D eigenvalue weighted by molar-refractivity contribution is 7.99. The summed E-state index contributed by atoms with van der Waals surface area (Å²) in [6, 6.07) is -0.795. The van der Waals surface area contributed by atoms with Crippen LogP contribution in [-0.4, -0.2) is 39.8 Å². The molecule has 0 saturated heterocycles. The Bertz CT molecular complexity index is 143. The lowest BCUT2D eigenvalue weighted by Crippen LogP contribution is -2.33. The summed E-state index contributed by atoms with van der Waals surface area (Å²) in [5.74, 6) is -0.574. The van der Waals surface area contributed by atoms with Gasteiger partial charge in [-0.15, -0.1) is 0 Å². The van der Waals surface area contributed by atoms with Crippen molar-refractivity contribution in [2.45, 2.75) is 24.6 Å². The number of thioether (sulfide) groups is 1. The van der Waals surface area contributed by atoms with Crippen molar-refractivity contribution in [2.24, 2.45) is 5.73 Å². The maximum absolute atomic E-state index is 10.3. The third-order valence-corrected chi connectivity index (χ3v) is 2.77. The minimum absolute atomic E-state index is 0.135. The van der Waals surface area contributed by atoms with Crippen molar-refractivity contribution in [3.8, 4) is 0 Å². The first kappa shape index (κ1) is 11.7. The van der Waals surface area contributed by atoms with Crippen LogP contribution in [0.4, 0.5) is 0 Å². The monoisotopic (exact) mass is 193 g/mol. The summed E-state index contributed by atoms with van der Waals surface area (Å²) in [4.78, 5) is 10.3. The molecule has 0 aromatic heterocycles. The number of aliphatic carboxylic acids is 1. The molecule has 0 aliphatic heterocycles. The molecular weight excluding hydrogens is 178 g/mol. The summed E-state index contributed by atoms with van der Waals surface area (Å²) in [6.07, 6.45) is 0.678. The fourth-order valence-corrected chi connectivity index (χ4v) is 1.55. The summed E-state index contributed by atoms with van der Waals surface area (Å²) < 4.78 is 0. The second-order valence-electron chi connectivity index (χ2n) is 2.60. The van der Waals surface area contributed by atoms with E-state index in [-0.39, 0.29) is 11.9 Å². The molecule has 0 amide bonds. The van der Waals surface area contributed by atoms with E-state index in [1.54, 1.807) is 0 Å². The SMILES string of the molecule is CC(CCO)SCC(N)C(=O)O.